The molecule has 0 fully saturated rings. The summed E-state index contributed by atoms with van der Waals surface area (Å²) >= 11 is 0. The highest BCUT2D eigenvalue weighted by Gasteiger charge is 2.26. The van der Waals surface area contributed by atoms with Crippen LogP contribution < -0.4 is 10.1 Å². The van der Waals surface area contributed by atoms with Crippen LogP contribution >= 0.6 is 0 Å². The summed E-state index contributed by atoms with van der Waals surface area (Å²) in [5.41, 5.74) is 0.697. The van der Waals surface area contributed by atoms with Crippen LogP contribution in [-0.4, -0.2) is 24.4 Å². The van der Waals surface area contributed by atoms with Crippen LogP contribution in [0.15, 0.2) is 24.3 Å². The Morgan fingerprint density at radius 2 is 2.00 bits per heavy atom. The number of nitrogens with one attached hydrogen (secondary N) is 1. The molecule has 3 nitrogen and oxygen atoms in total. The van der Waals surface area contributed by atoms with Crippen LogP contribution in [0.25, 0.3) is 0 Å². The molecule has 0 aliphatic rings. The molecule has 96 valence electrons. The number of hydrogen-bond acceptors (Lipinski definition) is 3. The molecule has 17 heavy (non-hydrogen) atoms. The Hall–Kier alpha value is -1.22. The third kappa shape index (κ3) is 3.37. The van der Waals surface area contributed by atoms with Crippen molar-refractivity contribution >= 4 is 5.69 Å². The molecule has 0 radical (unpaired) electrons. The summed E-state index contributed by atoms with van der Waals surface area (Å²) in [6, 6.07) is 7.81. The molecule has 2 N–H and O–H groups in total. The van der Waals surface area contributed by atoms with Gasteiger partial charge in [0.25, 0.3) is 0 Å². The number of methoxy groups -OCH3 is 1. The second-order valence-electron chi connectivity index (χ2n) is 4.37. The quantitative estimate of drug-likeness (QED) is 0.766. The Morgan fingerprint density at radius 1 is 1.29 bits per heavy atom. The van der Waals surface area contributed by atoms with Crippen molar-refractivity contribution in [3.63, 3.8) is 0 Å². The fraction of sp³-hybridized carbons (Fsp3) is 0.571. The van der Waals surface area contributed by atoms with Crippen LogP contribution in [0.4, 0.5) is 5.69 Å². The number of ether oxygens (including phenoxy) is 1. The average Bonchev–Trinajstić information content (AvgIpc) is 2.38. The summed E-state index contributed by atoms with van der Waals surface area (Å²) in [7, 11) is 1.66. The second kappa shape index (κ2) is 6.50. The van der Waals surface area contributed by atoms with Gasteiger partial charge in [-0.25, -0.2) is 0 Å². The van der Waals surface area contributed by atoms with Gasteiger partial charge in [-0.3, -0.25) is 0 Å². The molecule has 0 spiro atoms. The second-order valence-corrected chi connectivity index (χ2v) is 4.37. The number of aliphatic hydroxyl groups excluding tert-OH is 1. The van der Waals surface area contributed by atoms with Gasteiger partial charge in [-0.1, -0.05) is 32.4 Å². The topological polar surface area (TPSA) is 41.5 Å². The molecule has 0 heterocycles. The molecule has 0 aliphatic carbocycles. The van der Waals surface area contributed by atoms with E-state index in [1.165, 1.54) is 0 Å². The highest BCUT2D eigenvalue weighted by Crippen LogP contribution is 2.29. The predicted molar refractivity (Wildman–Crippen MR) is 71.6 cm³/mol. The summed E-state index contributed by atoms with van der Waals surface area (Å²) in [5.74, 6) is 0.815. The lowest BCUT2D eigenvalue weighted by atomic mass is 9.91. The van der Waals surface area contributed by atoms with Crippen molar-refractivity contribution in [1.29, 1.82) is 0 Å². The molecule has 0 saturated heterocycles. The highest BCUT2D eigenvalue weighted by atomic mass is 16.5. The maximum atomic E-state index is 9.63. The highest BCUT2D eigenvalue weighted by molar-refractivity contribution is 5.57. The molecule has 1 atom stereocenters. The van der Waals surface area contributed by atoms with Crippen LogP contribution in [-0.2, 0) is 0 Å². The van der Waals surface area contributed by atoms with Gasteiger partial charge in [0.2, 0.25) is 0 Å². The van der Waals surface area contributed by atoms with E-state index in [1.807, 2.05) is 24.3 Å². The van der Waals surface area contributed by atoms with E-state index in [4.69, 9.17) is 4.74 Å². The number of hydrogen-bond donors (Lipinski definition) is 2. The van der Waals surface area contributed by atoms with E-state index in [0.29, 0.717) is 0 Å². The summed E-state index contributed by atoms with van der Waals surface area (Å²) in [6.07, 6.45) is 2.87. The zero-order valence-corrected chi connectivity index (χ0v) is 11.0. The van der Waals surface area contributed by atoms with Gasteiger partial charge in [0.15, 0.2) is 0 Å². The van der Waals surface area contributed by atoms with Gasteiger partial charge < -0.3 is 15.2 Å². The van der Waals surface area contributed by atoms with Crippen LogP contribution in [0.5, 0.6) is 5.75 Å². The molecular weight excluding hydrogens is 214 g/mol. The number of rotatable bonds is 7. The molecule has 1 aromatic carbocycles. The largest absolute Gasteiger partial charge is 0.495 e. The van der Waals surface area contributed by atoms with Crippen molar-refractivity contribution in [3.05, 3.63) is 24.3 Å². The first-order valence-electron chi connectivity index (χ1n) is 6.23. The third-order valence-electron chi connectivity index (χ3n) is 3.21. The summed E-state index contributed by atoms with van der Waals surface area (Å²) in [4.78, 5) is 0. The smallest absolute Gasteiger partial charge is 0.141 e. The van der Waals surface area contributed by atoms with Gasteiger partial charge >= 0.3 is 0 Å². The zero-order valence-electron chi connectivity index (χ0n) is 11.0. The van der Waals surface area contributed by atoms with Gasteiger partial charge in [0.1, 0.15) is 5.75 Å². The number of para-hydroxylation sites is 2. The maximum Gasteiger partial charge on any atom is 0.141 e. The van der Waals surface area contributed by atoms with Gasteiger partial charge in [-0.2, -0.15) is 0 Å². The predicted octanol–water partition coefficient (Wildman–Crippen LogP) is 3.05. The van der Waals surface area contributed by atoms with E-state index in [1.54, 1.807) is 7.11 Å². The first-order valence-corrected chi connectivity index (χ1v) is 6.23. The fourth-order valence-electron chi connectivity index (χ4n) is 2.07. The molecule has 1 aromatic rings. The first-order chi connectivity index (χ1) is 8.21. The first kappa shape index (κ1) is 13.8. The minimum Gasteiger partial charge on any atom is -0.495 e. The number of benzene rings is 1. The van der Waals surface area contributed by atoms with Gasteiger partial charge in [-0.05, 0) is 25.0 Å². The van der Waals surface area contributed by atoms with Gasteiger partial charge in [-0.15, -0.1) is 0 Å². The van der Waals surface area contributed by atoms with Crippen LogP contribution in [0.1, 0.15) is 33.1 Å². The monoisotopic (exact) mass is 237 g/mol. The minimum absolute atomic E-state index is 0.134. The van der Waals surface area contributed by atoms with Crippen molar-refractivity contribution in [3.8, 4) is 5.75 Å². The Labute approximate surface area is 104 Å². The lowest BCUT2D eigenvalue weighted by Crippen LogP contribution is -2.41. The van der Waals surface area contributed by atoms with Crippen molar-refractivity contribution in [2.24, 2.45) is 0 Å². The molecule has 0 bridgehead atoms. The molecule has 3 heteroatoms. The minimum atomic E-state index is -0.247. The van der Waals surface area contributed by atoms with Crippen LogP contribution in [0.2, 0.25) is 0 Å². The van der Waals surface area contributed by atoms with Crippen molar-refractivity contribution in [2.45, 2.75) is 38.6 Å². The zero-order chi connectivity index (χ0) is 12.7. The third-order valence-corrected chi connectivity index (χ3v) is 3.21. The molecule has 0 aromatic heterocycles. The van der Waals surface area contributed by atoms with E-state index < -0.39 is 0 Å². The maximum absolute atomic E-state index is 9.63. The SMILES string of the molecule is CCCC(CC)(CO)Nc1ccccc1OC. The Kier molecular flexibility index (Phi) is 5.29. The summed E-state index contributed by atoms with van der Waals surface area (Å²) < 4.78 is 5.31. The average molecular weight is 237 g/mol. The van der Waals surface area contributed by atoms with E-state index in [0.717, 1.165) is 30.7 Å². The fourth-order valence-corrected chi connectivity index (χ4v) is 2.07. The van der Waals surface area contributed by atoms with Crippen molar-refractivity contribution < 1.29 is 9.84 Å². The van der Waals surface area contributed by atoms with E-state index in [-0.39, 0.29) is 12.1 Å². The Balaban J connectivity index is 2.92. The van der Waals surface area contributed by atoms with E-state index >= 15 is 0 Å². The lowest BCUT2D eigenvalue weighted by Gasteiger charge is -2.33. The van der Waals surface area contributed by atoms with Crippen LogP contribution in [0.3, 0.4) is 0 Å². The number of aliphatic hydroxyl groups is 1. The Morgan fingerprint density at radius 3 is 2.53 bits per heavy atom. The molecule has 0 saturated carbocycles. The summed E-state index contributed by atoms with van der Waals surface area (Å²) in [5, 5.41) is 13.1. The number of anilines is 1. The van der Waals surface area contributed by atoms with E-state index in [9.17, 15) is 5.11 Å². The van der Waals surface area contributed by atoms with Gasteiger partial charge in [0.05, 0.1) is 24.9 Å². The van der Waals surface area contributed by atoms with Crippen molar-refractivity contribution in [1.82, 2.24) is 0 Å². The van der Waals surface area contributed by atoms with E-state index in [2.05, 4.69) is 19.2 Å². The molecule has 0 aliphatic heterocycles. The normalized spacial score (nSPS) is 14.1. The summed E-state index contributed by atoms with van der Waals surface area (Å²) in [6.45, 7) is 4.35. The molecule has 1 rings (SSSR count). The Bertz CT molecular complexity index is 335. The lowest BCUT2D eigenvalue weighted by molar-refractivity contribution is 0.197. The molecule has 0 amide bonds. The van der Waals surface area contributed by atoms with Gasteiger partial charge in [0, 0.05) is 0 Å². The van der Waals surface area contributed by atoms with Crippen molar-refractivity contribution in [2.75, 3.05) is 19.0 Å². The molecule has 1 unspecified atom stereocenters. The van der Waals surface area contributed by atoms with Crippen LogP contribution in [0, 0.1) is 0 Å². The standard InChI is InChI=1S/C14H23NO2/c1-4-10-14(5-2,11-16)15-12-8-6-7-9-13(12)17-3/h6-9,15-16H,4-5,10-11H2,1-3H3. The molecular formula is C14H23NO2.